The highest BCUT2D eigenvalue weighted by Gasteiger charge is 2.44. The molecular formula is C18H15F2NO4. The van der Waals surface area contributed by atoms with Crippen molar-refractivity contribution >= 4 is 11.9 Å². The second-order valence-electron chi connectivity index (χ2n) is 6.40. The molecule has 0 bridgehead atoms. The summed E-state index contributed by atoms with van der Waals surface area (Å²) in [7, 11) is 0. The maximum Gasteiger partial charge on any atom is 0.337 e. The number of benzene rings is 1. The summed E-state index contributed by atoms with van der Waals surface area (Å²) in [6, 6.07) is 4.19. The number of alkyl halides is 1. The third kappa shape index (κ3) is 2.50. The third-order valence-electron chi connectivity index (χ3n) is 4.84. The van der Waals surface area contributed by atoms with E-state index in [1.54, 1.807) is 6.07 Å². The van der Waals surface area contributed by atoms with Gasteiger partial charge in [-0.25, -0.2) is 18.4 Å². The van der Waals surface area contributed by atoms with Crippen LogP contribution in [-0.2, 0) is 14.3 Å². The molecule has 1 saturated carbocycles. The van der Waals surface area contributed by atoms with Crippen LogP contribution in [0.1, 0.15) is 35.8 Å². The van der Waals surface area contributed by atoms with Gasteiger partial charge in [-0.1, -0.05) is 6.07 Å². The first-order valence-electron chi connectivity index (χ1n) is 8.00. The fourth-order valence-corrected chi connectivity index (χ4v) is 3.61. The SMILES string of the molecule is O=C(O)C1=C(CF)NC2=C(C(=O)OC2)C1c1cc(F)ccc1C1CC1. The highest BCUT2D eigenvalue weighted by molar-refractivity contribution is 6.00. The Morgan fingerprint density at radius 3 is 2.72 bits per heavy atom. The molecule has 1 unspecified atom stereocenters. The summed E-state index contributed by atoms with van der Waals surface area (Å²) in [5.41, 5.74) is 1.28. The largest absolute Gasteiger partial charge is 0.478 e. The molecule has 1 aromatic rings. The van der Waals surface area contributed by atoms with Gasteiger partial charge in [0.2, 0.25) is 0 Å². The number of allylic oxidation sites excluding steroid dienone is 1. The molecule has 2 heterocycles. The standard InChI is InChI=1S/C18H15F2NO4/c19-6-12-15(17(22)23)14(16-13(21-12)7-25-18(16)24)11-5-9(20)3-4-10(11)8-1-2-8/h3-5,8,14,21H,1-2,6-7H2,(H,22,23). The van der Waals surface area contributed by atoms with Crippen LogP contribution in [0.15, 0.2) is 40.7 Å². The lowest BCUT2D eigenvalue weighted by Crippen LogP contribution is -2.31. The Morgan fingerprint density at radius 1 is 1.32 bits per heavy atom. The number of carbonyl (C=O) groups excluding carboxylic acids is 1. The summed E-state index contributed by atoms with van der Waals surface area (Å²) in [5.74, 6) is -3.37. The summed E-state index contributed by atoms with van der Waals surface area (Å²) >= 11 is 0. The quantitative estimate of drug-likeness (QED) is 0.819. The van der Waals surface area contributed by atoms with E-state index in [1.165, 1.54) is 12.1 Å². The zero-order valence-electron chi connectivity index (χ0n) is 13.1. The van der Waals surface area contributed by atoms with E-state index in [0.29, 0.717) is 11.3 Å². The van der Waals surface area contributed by atoms with Gasteiger partial charge in [-0.3, -0.25) is 0 Å². The van der Waals surface area contributed by atoms with Gasteiger partial charge in [-0.05, 0) is 42.0 Å². The summed E-state index contributed by atoms with van der Waals surface area (Å²) in [5, 5.41) is 12.3. The number of ether oxygens (including phenoxy) is 1. The Labute approximate surface area is 142 Å². The zero-order valence-corrected chi connectivity index (χ0v) is 13.1. The molecule has 1 aromatic carbocycles. The van der Waals surface area contributed by atoms with Gasteiger partial charge < -0.3 is 15.2 Å². The van der Waals surface area contributed by atoms with Crippen molar-refractivity contribution < 1.29 is 28.2 Å². The van der Waals surface area contributed by atoms with Crippen molar-refractivity contribution in [3.63, 3.8) is 0 Å². The lowest BCUT2D eigenvalue weighted by atomic mass is 9.78. The van der Waals surface area contributed by atoms with E-state index in [4.69, 9.17) is 4.74 Å². The summed E-state index contributed by atoms with van der Waals surface area (Å²) in [4.78, 5) is 24.1. The minimum Gasteiger partial charge on any atom is -0.478 e. The van der Waals surface area contributed by atoms with Gasteiger partial charge in [0.15, 0.2) is 0 Å². The average molecular weight is 347 g/mol. The van der Waals surface area contributed by atoms with Crippen LogP contribution in [0.3, 0.4) is 0 Å². The van der Waals surface area contributed by atoms with Crippen molar-refractivity contribution in [3.8, 4) is 0 Å². The highest BCUT2D eigenvalue weighted by Crippen LogP contribution is 2.48. The molecule has 0 saturated heterocycles. The highest BCUT2D eigenvalue weighted by atomic mass is 19.1. The van der Waals surface area contributed by atoms with Crippen molar-refractivity contribution in [2.45, 2.75) is 24.7 Å². The Hall–Kier alpha value is -2.70. The second-order valence-corrected chi connectivity index (χ2v) is 6.40. The van der Waals surface area contributed by atoms with Crippen molar-refractivity contribution in [2.75, 3.05) is 13.3 Å². The van der Waals surface area contributed by atoms with Crippen LogP contribution in [0.4, 0.5) is 8.78 Å². The number of carbonyl (C=O) groups is 2. The van der Waals surface area contributed by atoms with E-state index in [2.05, 4.69) is 5.32 Å². The van der Waals surface area contributed by atoms with Crippen molar-refractivity contribution in [1.82, 2.24) is 5.32 Å². The molecule has 1 fully saturated rings. The number of hydrogen-bond acceptors (Lipinski definition) is 4. The molecule has 1 atom stereocenters. The van der Waals surface area contributed by atoms with E-state index in [9.17, 15) is 23.5 Å². The van der Waals surface area contributed by atoms with E-state index in [0.717, 1.165) is 18.4 Å². The Balaban J connectivity index is 1.96. The van der Waals surface area contributed by atoms with Crippen LogP contribution in [0.5, 0.6) is 0 Å². The van der Waals surface area contributed by atoms with Crippen LogP contribution in [0, 0.1) is 5.82 Å². The van der Waals surface area contributed by atoms with Crippen LogP contribution in [-0.4, -0.2) is 30.3 Å². The number of halogens is 2. The smallest absolute Gasteiger partial charge is 0.337 e. The molecule has 3 aliphatic rings. The van der Waals surface area contributed by atoms with E-state index in [1.807, 2.05) is 0 Å². The summed E-state index contributed by atoms with van der Waals surface area (Å²) in [6.07, 6.45) is 1.84. The number of dihydropyridines is 1. The van der Waals surface area contributed by atoms with Crippen molar-refractivity contribution in [3.05, 3.63) is 57.7 Å². The molecular weight excluding hydrogens is 332 g/mol. The molecule has 7 heteroatoms. The van der Waals surface area contributed by atoms with Gasteiger partial charge in [0.05, 0.1) is 28.5 Å². The molecule has 2 N–H and O–H groups in total. The molecule has 1 aliphatic carbocycles. The lowest BCUT2D eigenvalue weighted by molar-refractivity contribution is -0.136. The molecule has 0 amide bonds. The molecule has 0 spiro atoms. The molecule has 5 nitrogen and oxygen atoms in total. The number of nitrogens with one attached hydrogen (secondary N) is 1. The number of aliphatic carboxylic acids is 1. The van der Waals surface area contributed by atoms with Crippen LogP contribution in [0.2, 0.25) is 0 Å². The normalized spacial score (nSPS) is 22.6. The van der Waals surface area contributed by atoms with E-state index in [-0.39, 0.29) is 29.4 Å². The molecule has 0 radical (unpaired) electrons. The average Bonchev–Trinajstić information content (AvgIpc) is 3.36. The van der Waals surface area contributed by atoms with Gasteiger partial charge in [0.1, 0.15) is 19.1 Å². The van der Waals surface area contributed by atoms with Gasteiger partial charge in [-0.2, -0.15) is 0 Å². The third-order valence-corrected chi connectivity index (χ3v) is 4.84. The second kappa shape index (κ2) is 5.68. The minimum absolute atomic E-state index is 0.0743. The molecule has 130 valence electrons. The first-order chi connectivity index (χ1) is 12.0. The Kier molecular flexibility index (Phi) is 3.59. The lowest BCUT2D eigenvalue weighted by Gasteiger charge is -2.28. The number of carboxylic acid groups (broad SMARTS) is 1. The molecule has 0 aromatic heterocycles. The summed E-state index contributed by atoms with van der Waals surface area (Å²) < 4.78 is 32.4. The Bertz CT molecular complexity index is 855. The first kappa shape index (κ1) is 15.8. The van der Waals surface area contributed by atoms with Crippen LogP contribution >= 0.6 is 0 Å². The maximum absolute atomic E-state index is 13.9. The number of esters is 1. The minimum atomic E-state index is -1.34. The molecule has 25 heavy (non-hydrogen) atoms. The van der Waals surface area contributed by atoms with Gasteiger partial charge in [0.25, 0.3) is 0 Å². The predicted octanol–water partition coefficient (Wildman–Crippen LogP) is 2.51. The van der Waals surface area contributed by atoms with E-state index >= 15 is 0 Å². The fourth-order valence-electron chi connectivity index (χ4n) is 3.61. The first-order valence-corrected chi connectivity index (χ1v) is 8.00. The number of rotatable bonds is 4. The van der Waals surface area contributed by atoms with Crippen molar-refractivity contribution in [1.29, 1.82) is 0 Å². The number of hydrogen-bond donors (Lipinski definition) is 2. The molecule has 2 aliphatic heterocycles. The maximum atomic E-state index is 13.9. The Morgan fingerprint density at radius 2 is 2.08 bits per heavy atom. The topological polar surface area (TPSA) is 75.6 Å². The van der Waals surface area contributed by atoms with Gasteiger partial charge in [0, 0.05) is 0 Å². The fraction of sp³-hybridized carbons (Fsp3) is 0.333. The number of carboxylic acids is 1. The molecule has 4 rings (SSSR count). The predicted molar refractivity (Wildman–Crippen MR) is 82.9 cm³/mol. The summed E-state index contributed by atoms with van der Waals surface area (Å²) in [6.45, 7) is -1.10. The van der Waals surface area contributed by atoms with Gasteiger partial charge in [-0.15, -0.1) is 0 Å². The van der Waals surface area contributed by atoms with Crippen LogP contribution < -0.4 is 5.32 Å². The monoisotopic (exact) mass is 347 g/mol. The number of cyclic esters (lactones) is 1. The van der Waals surface area contributed by atoms with Crippen molar-refractivity contribution in [2.24, 2.45) is 0 Å². The van der Waals surface area contributed by atoms with Gasteiger partial charge >= 0.3 is 11.9 Å². The van der Waals surface area contributed by atoms with E-state index < -0.39 is 30.3 Å². The van der Waals surface area contributed by atoms with Crippen LogP contribution in [0.25, 0.3) is 0 Å². The zero-order chi connectivity index (χ0) is 17.7.